The van der Waals surface area contributed by atoms with Gasteiger partial charge < -0.3 is 20.1 Å². The Balaban J connectivity index is 2.14. The molecule has 0 aromatic heterocycles. The number of carbonyl (C=O) groups excluding carboxylic acids is 3. The summed E-state index contributed by atoms with van der Waals surface area (Å²) < 4.78 is 11.5. The number of nitrogens with one attached hydrogen (secondary N) is 2. The van der Waals surface area contributed by atoms with Crippen LogP contribution in [0.15, 0.2) is 53.0 Å². The topological polar surface area (TPSA) is 93.7 Å². The van der Waals surface area contributed by atoms with E-state index >= 15 is 0 Å². The van der Waals surface area contributed by atoms with Gasteiger partial charge in [0, 0.05) is 16.6 Å². The Bertz CT molecular complexity index is 991. The number of benzene rings is 2. The number of alkyl carbamates (subject to hydrolysis) is 1. The fourth-order valence-corrected chi connectivity index (χ4v) is 3.26. The van der Waals surface area contributed by atoms with E-state index in [2.05, 4.69) is 26.6 Å². The van der Waals surface area contributed by atoms with Crippen molar-refractivity contribution in [1.82, 2.24) is 5.32 Å². The van der Waals surface area contributed by atoms with E-state index in [1.54, 1.807) is 65.8 Å². The molecule has 0 fully saturated rings. The molecule has 178 valence electrons. The molecule has 0 bridgehead atoms. The molecular formula is C25H31BrN2O5. The van der Waals surface area contributed by atoms with Crippen molar-refractivity contribution >= 4 is 39.6 Å². The average Bonchev–Trinajstić information content (AvgIpc) is 2.65. The van der Waals surface area contributed by atoms with Crippen molar-refractivity contribution < 1.29 is 23.9 Å². The highest BCUT2D eigenvalue weighted by Crippen LogP contribution is 2.17. The van der Waals surface area contributed by atoms with Crippen LogP contribution in [0.1, 0.15) is 57.5 Å². The van der Waals surface area contributed by atoms with E-state index < -0.39 is 35.2 Å². The number of halogens is 1. The molecule has 0 radical (unpaired) electrons. The Labute approximate surface area is 203 Å². The minimum Gasteiger partial charge on any atom is -0.456 e. The van der Waals surface area contributed by atoms with Crippen LogP contribution in [0.2, 0.25) is 0 Å². The number of hydrogen-bond donors (Lipinski definition) is 2. The van der Waals surface area contributed by atoms with Gasteiger partial charge in [0.25, 0.3) is 0 Å². The Morgan fingerprint density at radius 3 is 2.06 bits per heavy atom. The first kappa shape index (κ1) is 26.4. The van der Waals surface area contributed by atoms with Crippen LogP contribution >= 0.6 is 15.9 Å². The van der Waals surface area contributed by atoms with E-state index in [1.165, 1.54) is 0 Å². The Kier molecular flexibility index (Phi) is 8.66. The summed E-state index contributed by atoms with van der Waals surface area (Å²) in [7, 11) is 0. The van der Waals surface area contributed by atoms with Gasteiger partial charge in [-0.3, -0.25) is 4.79 Å². The summed E-state index contributed by atoms with van der Waals surface area (Å²) in [6.45, 7) is 10.6. The van der Waals surface area contributed by atoms with Gasteiger partial charge in [-0.2, -0.15) is 0 Å². The van der Waals surface area contributed by atoms with E-state index in [0.29, 0.717) is 11.3 Å². The van der Waals surface area contributed by atoms with Crippen LogP contribution in [0.3, 0.4) is 0 Å². The second-order valence-corrected chi connectivity index (χ2v) is 10.5. The van der Waals surface area contributed by atoms with Crippen LogP contribution in [-0.4, -0.2) is 35.2 Å². The van der Waals surface area contributed by atoms with Crippen molar-refractivity contribution in [1.29, 1.82) is 0 Å². The normalized spacial score (nSPS) is 12.5. The Morgan fingerprint density at radius 1 is 0.909 bits per heavy atom. The van der Waals surface area contributed by atoms with Gasteiger partial charge in [0.15, 0.2) is 0 Å². The molecule has 33 heavy (non-hydrogen) atoms. The molecule has 2 rings (SSSR count). The predicted octanol–water partition coefficient (Wildman–Crippen LogP) is 5.48. The van der Waals surface area contributed by atoms with E-state index in [-0.39, 0.29) is 6.42 Å². The van der Waals surface area contributed by atoms with Gasteiger partial charge >= 0.3 is 12.1 Å². The lowest BCUT2D eigenvalue weighted by atomic mass is 10.1. The summed E-state index contributed by atoms with van der Waals surface area (Å²) in [6.07, 6.45) is -0.418. The maximum atomic E-state index is 13.0. The van der Waals surface area contributed by atoms with Crippen LogP contribution in [0, 0.1) is 0 Å². The highest BCUT2D eigenvalue weighted by molar-refractivity contribution is 9.10. The number of ether oxygens (including phenoxy) is 2. The first-order valence-corrected chi connectivity index (χ1v) is 11.4. The van der Waals surface area contributed by atoms with Crippen LogP contribution in [0.4, 0.5) is 10.5 Å². The Morgan fingerprint density at radius 2 is 1.52 bits per heavy atom. The molecule has 0 spiro atoms. The van der Waals surface area contributed by atoms with Gasteiger partial charge in [-0.1, -0.05) is 28.1 Å². The van der Waals surface area contributed by atoms with Crippen molar-refractivity contribution in [3.05, 3.63) is 64.1 Å². The maximum absolute atomic E-state index is 13.0. The van der Waals surface area contributed by atoms with Crippen molar-refractivity contribution in [2.45, 2.75) is 65.2 Å². The number of hydrogen-bond acceptors (Lipinski definition) is 5. The van der Waals surface area contributed by atoms with Crippen molar-refractivity contribution in [3.63, 3.8) is 0 Å². The van der Waals surface area contributed by atoms with Gasteiger partial charge in [-0.15, -0.1) is 0 Å². The largest absolute Gasteiger partial charge is 0.456 e. The zero-order chi connectivity index (χ0) is 24.8. The standard InChI is InChI=1S/C25H31BrN2O5/c1-24(2,3)32-22(30)17-10-12-19(13-11-17)27-21(29)20(28-23(31)33-25(4,5)6)15-16-8-7-9-18(26)14-16/h7-14,20H,15H2,1-6H3,(H,27,29)(H,28,31)/t20-/m0/s1. The van der Waals surface area contributed by atoms with E-state index in [9.17, 15) is 14.4 Å². The fraction of sp³-hybridized carbons (Fsp3) is 0.400. The lowest BCUT2D eigenvalue weighted by Crippen LogP contribution is -2.47. The third-order valence-electron chi connectivity index (χ3n) is 4.12. The summed E-state index contributed by atoms with van der Waals surface area (Å²) in [6, 6.07) is 13.0. The number of anilines is 1. The molecule has 0 saturated heterocycles. The molecule has 0 aliphatic heterocycles. The zero-order valence-electron chi connectivity index (χ0n) is 19.8. The van der Waals surface area contributed by atoms with Gasteiger partial charge in [0.05, 0.1) is 5.56 Å². The van der Waals surface area contributed by atoms with Crippen LogP contribution < -0.4 is 10.6 Å². The van der Waals surface area contributed by atoms with Crippen molar-refractivity contribution in [2.75, 3.05) is 5.32 Å². The zero-order valence-corrected chi connectivity index (χ0v) is 21.4. The van der Waals surface area contributed by atoms with Crippen molar-refractivity contribution in [3.8, 4) is 0 Å². The summed E-state index contributed by atoms with van der Waals surface area (Å²) >= 11 is 3.42. The molecule has 8 heteroatoms. The molecule has 2 amide bonds. The van der Waals surface area contributed by atoms with Crippen LogP contribution in [0.25, 0.3) is 0 Å². The highest BCUT2D eigenvalue weighted by atomic mass is 79.9. The summed E-state index contributed by atoms with van der Waals surface area (Å²) in [4.78, 5) is 37.6. The highest BCUT2D eigenvalue weighted by Gasteiger charge is 2.25. The molecule has 2 N–H and O–H groups in total. The molecule has 1 atom stereocenters. The molecule has 2 aromatic carbocycles. The summed E-state index contributed by atoms with van der Waals surface area (Å²) in [5, 5.41) is 5.44. The van der Waals surface area contributed by atoms with Crippen LogP contribution in [0.5, 0.6) is 0 Å². The number of amides is 2. The molecule has 2 aromatic rings. The first-order valence-electron chi connectivity index (χ1n) is 10.6. The second kappa shape index (κ2) is 10.8. The predicted molar refractivity (Wildman–Crippen MR) is 131 cm³/mol. The van der Waals surface area contributed by atoms with E-state index in [4.69, 9.17) is 9.47 Å². The molecule has 0 aliphatic rings. The van der Waals surface area contributed by atoms with Crippen molar-refractivity contribution in [2.24, 2.45) is 0 Å². The van der Waals surface area contributed by atoms with Gasteiger partial charge in [-0.05, 0) is 83.5 Å². The lowest BCUT2D eigenvalue weighted by Gasteiger charge is -2.23. The maximum Gasteiger partial charge on any atom is 0.408 e. The Hall–Kier alpha value is -2.87. The van der Waals surface area contributed by atoms with Gasteiger partial charge in [0.1, 0.15) is 17.2 Å². The molecule has 0 unspecified atom stereocenters. The smallest absolute Gasteiger partial charge is 0.408 e. The quantitative estimate of drug-likeness (QED) is 0.493. The number of rotatable bonds is 6. The first-order chi connectivity index (χ1) is 15.2. The third kappa shape index (κ3) is 9.65. The second-order valence-electron chi connectivity index (χ2n) is 9.60. The summed E-state index contributed by atoms with van der Waals surface area (Å²) in [5.41, 5.74) is 0.425. The average molecular weight is 519 g/mol. The molecule has 7 nitrogen and oxygen atoms in total. The van der Waals surface area contributed by atoms with Crippen LogP contribution in [-0.2, 0) is 20.7 Å². The molecular weight excluding hydrogens is 488 g/mol. The number of esters is 1. The van der Waals surface area contributed by atoms with Gasteiger partial charge in [0.2, 0.25) is 5.91 Å². The number of carbonyl (C=O) groups is 3. The molecule has 0 aliphatic carbocycles. The minimum absolute atomic E-state index is 0.264. The van der Waals surface area contributed by atoms with E-state index in [0.717, 1.165) is 10.0 Å². The third-order valence-corrected chi connectivity index (χ3v) is 4.62. The SMILES string of the molecule is CC(C)(C)OC(=O)N[C@@H](Cc1cccc(Br)c1)C(=O)Nc1ccc(C(=O)OC(C)(C)C)cc1. The molecule has 0 saturated carbocycles. The lowest BCUT2D eigenvalue weighted by molar-refractivity contribution is -0.118. The van der Waals surface area contributed by atoms with Gasteiger partial charge in [-0.25, -0.2) is 9.59 Å². The summed E-state index contributed by atoms with van der Waals surface area (Å²) in [5.74, 6) is -0.856. The minimum atomic E-state index is -0.875. The molecule has 0 heterocycles. The fourth-order valence-electron chi connectivity index (χ4n) is 2.81. The van der Waals surface area contributed by atoms with E-state index in [1.807, 2.05) is 24.3 Å². The monoisotopic (exact) mass is 518 g/mol.